The molecule has 4 N–H and O–H groups in total. The predicted molar refractivity (Wildman–Crippen MR) is 68.0 cm³/mol. The summed E-state index contributed by atoms with van der Waals surface area (Å²) in [4.78, 5) is 12.9. The number of carbonyl (C=O) groups excluding carboxylic acids is 1. The molecule has 1 aromatic carbocycles. The van der Waals surface area contributed by atoms with Gasteiger partial charge >= 0.3 is 6.03 Å². The summed E-state index contributed by atoms with van der Waals surface area (Å²) in [6, 6.07) is 4.54. The Morgan fingerprint density at radius 1 is 1.62 bits per heavy atom. The van der Waals surface area contributed by atoms with Crippen molar-refractivity contribution in [3.05, 3.63) is 27.7 Å². The topological polar surface area (TPSA) is 82.2 Å². The number of rotatable bonds is 1. The summed E-state index contributed by atoms with van der Waals surface area (Å²) in [6.45, 7) is 0. The molecule has 2 amide bonds. The highest BCUT2D eigenvalue weighted by atomic mass is 79.9. The van der Waals surface area contributed by atoms with Gasteiger partial charge in [-0.25, -0.2) is 4.79 Å². The minimum absolute atomic E-state index is 0.401. The van der Waals surface area contributed by atoms with Gasteiger partial charge in [0, 0.05) is 16.5 Å². The third kappa shape index (κ3) is 3.11. The molecule has 0 aliphatic rings. The Morgan fingerprint density at radius 2 is 2.25 bits per heavy atom. The molecule has 0 aromatic heterocycles. The lowest BCUT2D eigenvalue weighted by Crippen LogP contribution is -2.43. The molecular formula is C9H10BrClN4O. The van der Waals surface area contributed by atoms with Gasteiger partial charge in [0.1, 0.15) is 0 Å². The fourth-order valence-electron chi connectivity index (χ4n) is 1.06. The van der Waals surface area contributed by atoms with E-state index in [9.17, 15) is 4.79 Å². The second kappa shape index (κ2) is 5.18. The molecule has 7 heteroatoms. The van der Waals surface area contributed by atoms with Crippen LogP contribution in [-0.4, -0.2) is 19.0 Å². The summed E-state index contributed by atoms with van der Waals surface area (Å²) in [5, 5.41) is 9.70. The second-order valence-corrected chi connectivity index (χ2v) is 4.29. The third-order valence-corrected chi connectivity index (χ3v) is 2.69. The molecule has 0 saturated carbocycles. The SMILES string of the molecule is CN(C(=O)NC(=N)N)c1ccc(Cl)cc1Br. The summed E-state index contributed by atoms with van der Waals surface area (Å²) >= 11 is 9.07. The molecule has 0 atom stereocenters. The van der Waals surface area contributed by atoms with Crippen LogP contribution in [0.1, 0.15) is 0 Å². The van der Waals surface area contributed by atoms with Gasteiger partial charge in [-0.2, -0.15) is 0 Å². The van der Waals surface area contributed by atoms with E-state index in [4.69, 9.17) is 22.7 Å². The van der Waals surface area contributed by atoms with Crippen LogP contribution in [0.2, 0.25) is 5.02 Å². The van der Waals surface area contributed by atoms with Gasteiger partial charge in [0.15, 0.2) is 5.96 Å². The van der Waals surface area contributed by atoms with Crippen LogP contribution in [0.25, 0.3) is 0 Å². The van der Waals surface area contributed by atoms with Gasteiger partial charge < -0.3 is 5.73 Å². The molecule has 0 saturated heterocycles. The van der Waals surface area contributed by atoms with Crippen molar-refractivity contribution in [3.63, 3.8) is 0 Å². The van der Waals surface area contributed by atoms with Crippen molar-refractivity contribution in [3.8, 4) is 0 Å². The van der Waals surface area contributed by atoms with E-state index in [0.717, 1.165) is 0 Å². The molecule has 0 spiro atoms. The van der Waals surface area contributed by atoms with E-state index in [1.165, 1.54) is 4.90 Å². The minimum Gasteiger partial charge on any atom is -0.370 e. The van der Waals surface area contributed by atoms with Crippen molar-refractivity contribution in [1.29, 1.82) is 5.41 Å². The van der Waals surface area contributed by atoms with Gasteiger partial charge in [-0.1, -0.05) is 11.6 Å². The molecule has 0 aliphatic carbocycles. The molecule has 0 bridgehead atoms. The molecule has 16 heavy (non-hydrogen) atoms. The molecule has 0 aliphatic heterocycles. The van der Waals surface area contributed by atoms with Gasteiger partial charge in [0.2, 0.25) is 0 Å². The lowest BCUT2D eigenvalue weighted by molar-refractivity contribution is 0.251. The lowest BCUT2D eigenvalue weighted by Gasteiger charge is -2.18. The number of urea groups is 1. The number of nitrogens with zero attached hydrogens (tertiary/aromatic N) is 1. The van der Waals surface area contributed by atoms with Gasteiger partial charge in [-0.3, -0.25) is 15.6 Å². The van der Waals surface area contributed by atoms with Gasteiger partial charge in [-0.15, -0.1) is 0 Å². The van der Waals surface area contributed by atoms with Crippen molar-refractivity contribution in [1.82, 2.24) is 5.32 Å². The Balaban J connectivity index is 2.91. The van der Waals surface area contributed by atoms with E-state index in [1.807, 2.05) is 0 Å². The number of benzene rings is 1. The predicted octanol–water partition coefficient (Wildman–Crippen LogP) is 2.14. The van der Waals surface area contributed by atoms with Crippen molar-refractivity contribution in [2.24, 2.45) is 5.73 Å². The van der Waals surface area contributed by atoms with Crippen molar-refractivity contribution in [2.75, 3.05) is 11.9 Å². The zero-order valence-corrected chi connectivity index (χ0v) is 10.8. The van der Waals surface area contributed by atoms with Crippen LogP contribution >= 0.6 is 27.5 Å². The number of hydrogen-bond acceptors (Lipinski definition) is 2. The fourth-order valence-corrected chi connectivity index (χ4v) is 2.01. The standard InChI is InChI=1S/C9H10BrClN4O/c1-15(9(16)14-8(12)13)7-3-2-5(11)4-6(7)10/h2-4H,1H3,(H4,12,13,14,16). The first-order chi connectivity index (χ1) is 7.41. The first-order valence-electron chi connectivity index (χ1n) is 4.25. The monoisotopic (exact) mass is 304 g/mol. The Hall–Kier alpha value is -1.27. The Labute approximate surface area is 106 Å². The maximum Gasteiger partial charge on any atom is 0.328 e. The molecule has 86 valence electrons. The molecular weight excluding hydrogens is 295 g/mol. The number of halogens is 2. The third-order valence-electron chi connectivity index (χ3n) is 1.82. The number of carbonyl (C=O) groups is 1. The number of guanidine groups is 1. The second-order valence-electron chi connectivity index (χ2n) is 3.00. The molecule has 5 nitrogen and oxygen atoms in total. The first kappa shape index (κ1) is 12.8. The van der Waals surface area contributed by atoms with Crippen molar-refractivity contribution in [2.45, 2.75) is 0 Å². The normalized spacial score (nSPS) is 9.69. The summed E-state index contributed by atoms with van der Waals surface area (Å²) in [5.41, 5.74) is 5.69. The number of anilines is 1. The van der Waals surface area contributed by atoms with Crippen LogP contribution in [0.4, 0.5) is 10.5 Å². The smallest absolute Gasteiger partial charge is 0.328 e. The highest BCUT2D eigenvalue weighted by Gasteiger charge is 2.13. The Bertz CT molecular complexity index is 438. The fraction of sp³-hybridized carbons (Fsp3) is 0.111. The highest BCUT2D eigenvalue weighted by molar-refractivity contribution is 9.10. The molecule has 0 fully saturated rings. The van der Waals surface area contributed by atoms with Crippen LogP contribution in [0.5, 0.6) is 0 Å². The van der Waals surface area contributed by atoms with Crippen LogP contribution in [-0.2, 0) is 0 Å². The first-order valence-corrected chi connectivity index (χ1v) is 5.42. The van der Waals surface area contributed by atoms with E-state index in [2.05, 4.69) is 21.2 Å². The van der Waals surface area contributed by atoms with Crippen LogP contribution in [0.15, 0.2) is 22.7 Å². The summed E-state index contributed by atoms with van der Waals surface area (Å²) in [6.07, 6.45) is 0. The van der Waals surface area contributed by atoms with Gasteiger partial charge in [0.25, 0.3) is 0 Å². The number of amides is 2. The van der Waals surface area contributed by atoms with E-state index in [-0.39, 0.29) is 0 Å². The number of nitrogens with one attached hydrogen (secondary N) is 2. The van der Waals surface area contributed by atoms with Crippen LogP contribution < -0.4 is 16.0 Å². The van der Waals surface area contributed by atoms with Crippen LogP contribution in [0.3, 0.4) is 0 Å². The zero-order valence-electron chi connectivity index (χ0n) is 8.42. The van der Waals surface area contributed by atoms with Crippen molar-refractivity contribution < 1.29 is 4.79 Å². The number of hydrogen-bond donors (Lipinski definition) is 3. The van der Waals surface area contributed by atoms with Gasteiger partial charge in [0.05, 0.1) is 5.69 Å². The summed E-state index contributed by atoms with van der Waals surface area (Å²) < 4.78 is 0.682. The molecule has 1 rings (SSSR count). The minimum atomic E-state index is -0.490. The van der Waals surface area contributed by atoms with E-state index in [1.54, 1.807) is 25.2 Å². The highest BCUT2D eigenvalue weighted by Crippen LogP contribution is 2.28. The molecule has 0 unspecified atom stereocenters. The zero-order chi connectivity index (χ0) is 12.3. The van der Waals surface area contributed by atoms with Crippen molar-refractivity contribution >= 4 is 45.2 Å². The van der Waals surface area contributed by atoms with E-state index in [0.29, 0.717) is 15.2 Å². The quantitative estimate of drug-likeness (QED) is 0.549. The summed E-state index contributed by atoms with van der Waals surface area (Å²) in [5.74, 6) is -0.401. The average molecular weight is 306 g/mol. The van der Waals surface area contributed by atoms with E-state index >= 15 is 0 Å². The lowest BCUT2D eigenvalue weighted by atomic mass is 10.3. The van der Waals surface area contributed by atoms with Gasteiger partial charge in [-0.05, 0) is 34.1 Å². The maximum absolute atomic E-state index is 11.5. The molecule has 1 aromatic rings. The van der Waals surface area contributed by atoms with E-state index < -0.39 is 12.0 Å². The average Bonchev–Trinajstić information content (AvgIpc) is 2.15. The maximum atomic E-state index is 11.5. The molecule has 0 heterocycles. The summed E-state index contributed by atoms with van der Waals surface area (Å²) in [7, 11) is 1.56. The largest absolute Gasteiger partial charge is 0.370 e. The Kier molecular flexibility index (Phi) is 4.14. The van der Waals surface area contributed by atoms with Crippen LogP contribution in [0, 0.1) is 5.41 Å². The molecule has 0 radical (unpaired) electrons. The number of nitrogens with two attached hydrogens (primary N) is 1. The Morgan fingerprint density at radius 3 is 2.75 bits per heavy atom.